The van der Waals surface area contributed by atoms with Crippen molar-refractivity contribution in [2.75, 3.05) is 0 Å². The zero-order valence-electron chi connectivity index (χ0n) is 13.3. The van der Waals surface area contributed by atoms with Crippen molar-refractivity contribution in [2.24, 2.45) is 0 Å². The number of rotatable bonds is 2. The average Bonchev–Trinajstić information content (AvgIpc) is 3.28. The van der Waals surface area contributed by atoms with E-state index in [1.807, 2.05) is 66.9 Å². The number of aromatic nitrogens is 3. The van der Waals surface area contributed by atoms with E-state index in [2.05, 4.69) is 16.0 Å². The molecule has 3 heterocycles. The van der Waals surface area contributed by atoms with E-state index in [1.165, 1.54) is 0 Å². The second-order valence-corrected chi connectivity index (χ2v) is 6.08. The first-order valence-electron chi connectivity index (χ1n) is 8.14. The standard InChI is InChI=1S/C21H15N3O/c25-21-20(19-10-7-13-4-1-2-5-17(13)23-19)15-12-14(8-9-18(15)24-21)16-6-3-11-22-16/h1-12,22,24-25H. The molecule has 4 nitrogen and oxygen atoms in total. The monoisotopic (exact) mass is 325 g/mol. The Bertz CT molecular complexity index is 1200. The Kier molecular flexibility index (Phi) is 2.91. The molecule has 5 rings (SSSR count). The van der Waals surface area contributed by atoms with Crippen LogP contribution in [0.1, 0.15) is 0 Å². The van der Waals surface area contributed by atoms with Gasteiger partial charge in [0.25, 0.3) is 0 Å². The minimum absolute atomic E-state index is 0.140. The molecule has 3 N–H and O–H groups in total. The van der Waals surface area contributed by atoms with E-state index in [-0.39, 0.29) is 5.88 Å². The van der Waals surface area contributed by atoms with Crippen LogP contribution in [0.15, 0.2) is 72.9 Å². The maximum absolute atomic E-state index is 10.5. The summed E-state index contributed by atoms with van der Waals surface area (Å²) in [7, 11) is 0. The molecule has 0 spiro atoms. The maximum Gasteiger partial charge on any atom is 0.199 e. The minimum atomic E-state index is 0.140. The van der Waals surface area contributed by atoms with Gasteiger partial charge in [0, 0.05) is 28.2 Å². The van der Waals surface area contributed by atoms with Gasteiger partial charge < -0.3 is 15.1 Å². The zero-order valence-corrected chi connectivity index (χ0v) is 13.3. The molecule has 0 bridgehead atoms. The number of pyridine rings is 1. The Balaban J connectivity index is 1.76. The fraction of sp³-hybridized carbons (Fsp3) is 0. The van der Waals surface area contributed by atoms with Gasteiger partial charge in [-0.2, -0.15) is 0 Å². The van der Waals surface area contributed by atoms with E-state index in [4.69, 9.17) is 4.98 Å². The van der Waals surface area contributed by atoms with Crippen molar-refractivity contribution in [3.05, 3.63) is 72.9 Å². The van der Waals surface area contributed by atoms with Crippen LogP contribution in [-0.4, -0.2) is 20.1 Å². The van der Waals surface area contributed by atoms with E-state index < -0.39 is 0 Å². The lowest BCUT2D eigenvalue weighted by Gasteiger charge is -2.04. The van der Waals surface area contributed by atoms with Gasteiger partial charge in [-0.1, -0.05) is 30.3 Å². The molecule has 0 aliphatic heterocycles. The SMILES string of the molecule is Oc1[nH]c2ccc(-c3ccc[nH]3)cc2c1-c1ccc2ccccc2n1. The lowest BCUT2D eigenvalue weighted by Crippen LogP contribution is -1.85. The summed E-state index contributed by atoms with van der Waals surface area (Å²) >= 11 is 0. The van der Waals surface area contributed by atoms with E-state index in [0.29, 0.717) is 0 Å². The fourth-order valence-electron chi connectivity index (χ4n) is 3.32. The molecule has 0 fully saturated rings. The lowest BCUT2D eigenvalue weighted by molar-refractivity contribution is 0.460. The highest BCUT2D eigenvalue weighted by Crippen LogP contribution is 2.38. The predicted molar refractivity (Wildman–Crippen MR) is 100 cm³/mol. The van der Waals surface area contributed by atoms with Gasteiger partial charge in [-0.25, -0.2) is 4.98 Å². The molecule has 120 valence electrons. The molecule has 4 heteroatoms. The molecular formula is C21H15N3O. The highest BCUT2D eigenvalue weighted by atomic mass is 16.3. The first-order valence-corrected chi connectivity index (χ1v) is 8.14. The summed E-state index contributed by atoms with van der Waals surface area (Å²) in [5.41, 5.74) is 5.39. The summed E-state index contributed by atoms with van der Waals surface area (Å²) in [6.45, 7) is 0. The van der Waals surface area contributed by atoms with Crippen molar-refractivity contribution in [1.29, 1.82) is 0 Å². The van der Waals surface area contributed by atoms with Crippen molar-refractivity contribution in [1.82, 2.24) is 15.0 Å². The molecule has 5 aromatic rings. The largest absolute Gasteiger partial charge is 0.494 e. The smallest absolute Gasteiger partial charge is 0.199 e. The summed E-state index contributed by atoms with van der Waals surface area (Å²) in [6, 6.07) is 22.0. The number of benzene rings is 2. The number of fused-ring (bicyclic) bond motifs is 2. The van der Waals surface area contributed by atoms with E-state index in [1.54, 1.807) is 0 Å². The second-order valence-electron chi connectivity index (χ2n) is 6.08. The van der Waals surface area contributed by atoms with Gasteiger partial charge in [-0.3, -0.25) is 0 Å². The highest BCUT2D eigenvalue weighted by Gasteiger charge is 2.15. The Morgan fingerprint density at radius 3 is 2.68 bits per heavy atom. The van der Waals surface area contributed by atoms with Crippen molar-refractivity contribution in [3.63, 3.8) is 0 Å². The van der Waals surface area contributed by atoms with Crippen molar-refractivity contribution < 1.29 is 5.11 Å². The molecule has 0 saturated heterocycles. The molecular weight excluding hydrogens is 310 g/mol. The van der Waals surface area contributed by atoms with Gasteiger partial charge in [0.1, 0.15) is 0 Å². The van der Waals surface area contributed by atoms with Gasteiger partial charge in [0.15, 0.2) is 5.88 Å². The number of para-hydroxylation sites is 1. The van der Waals surface area contributed by atoms with Crippen LogP contribution in [-0.2, 0) is 0 Å². The van der Waals surface area contributed by atoms with Crippen molar-refractivity contribution in [2.45, 2.75) is 0 Å². The highest BCUT2D eigenvalue weighted by molar-refractivity contribution is 6.00. The summed E-state index contributed by atoms with van der Waals surface area (Å²) in [4.78, 5) is 11.0. The second kappa shape index (κ2) is 5.24. The minimum Gasteiger partial charge on any atom is -0.494 e. The molecule has 0 aliphatic carbocycles. The van der Waals surface area contributed by atoms with Crippen LogP contribution in [0.3, 0.4) is 0 Å². The Morgan fingerprint density at radius 1 is 0.880 bits per heavy atom. The van der Waals surface area contributed by atoms with E-state index in [9.17, 15) is 5.11 Å². The quantitative estimate of drug-likeness (QED) is 0.423. The Morgan fingerprint density at radius 2 is 1.80 bits per heavy atom. The molecule has 0 saturated carbocycles. The summed E-state index contributed by atoms with van der Waals surface area (Å²) in [5, 5.41) is 12.5. The summed E-state index contributed by atoms with van der Waals surface area (Å²) < 4.78 is 0. The van der Waals surface area contributed by atoms with E-state index >= 15 is 0 Å². The normalized spacial score (nSPS) is 11.4. The molecule has 0 unspecified atom stereocenters. The topological polar surface area (TPSA) is 64.7 Å². The van der Waals surface area contributed by atoms with Crippen LogP contribution >= 0.6 is 0 Å². The number of hydrogen-bond acceptors (Lipinski definition) is 2. The number of nitrogens with zero attached hydrogens (tertiary/aromatic N) is 1. The van der Waals surface area contributed by atoms with Gasteiger partial charge in [0.05, 0.1) is 16.8 Å². The number of H-pyrrole nitrogens is 2. The van der Waals surface area contributed by atoms with Crippen LogP contribution in [0.4, 0.5) is 0 Å². The molecule has 0 atom stereocenters. The Hall–Kier alpha value is -3.53. The molecule has 25 heavy (non-hydrogen) atoms. The molecule has 0 radical (unpaired) electrons. The zero-order chi connectivity index (χ0) is 16.8. The third-order valence-corrected chi connectivity index (χ3v) is 4.54. The number of aromatic amines is 2. The fourth-order valence-corrected chi connectivity index (χ4v) is 3.32. The number of aromatic hydroxyl groups is 1. The van der Waals surface area contributed by atoms with Gasteiger partial charge in [0.2, 0.25) is 0 Å². The summed E-state index contributed by atoms with van der Waals surface area (Å²) in [5.74, 6) is 0.140. The van der Waals surface area contributed by atoms with E-state index in [0.717, 1.165) is 44.3 Å². The third kappa shape index (κ3) is 2.19. The van der Waals surface area contributed by atoms with Gasteiger partial charge >= 0.3 is 0 Å². The van der Waals surface area contributed by atoms with Gasteiger partial charge in [-0.05, 0) is 42.0 Å². The molecule has 3 aromatic heterocycles. The van der Waals surface area contributed by atoms with Gasteiger partial charge in [-0.15, -0.1) is 0 Å². The Labute approximate surface area is 143 Å². The predicted octanol–water partition coefficient (Wildman–Crippen LogP) is 5.08. The van der Waals surface area contributed by atoms with Crippen LogP contribution in [0.25, 0.3) is 44.3 Å². The van der Waals surface area contributed by atoms with Crippen LogP contribution < -0.4 is 0 Å². The van der Waals surface area contributed by atoms with Crippen LogP contribution in [0, 0.1) is 0 Å². The summed E-state index contributed by atoms with van der Waals surface area (Å²) in [6.07, 6.45) is 1.90. The van der Waals surface area contributed by atoms with Crippen molar-refractivity contribution in [3.8, 4) is 28.4 Å². The maximum atomic E-state index is 10.5. The average molecular weight is 325 g/mol. The molecule has 0 amide bonds. The third-order valence-electron chi connectivity index (χ3n) is 4.54. The number of nitrogens with one attached hydrogen (secondary N) is 2. The first-order chi connectivity index (χ1) is 12.3. The molecule has 0 aliphatic rings. The lowest BCUT2D eigenvalue weighted by atomic mass is 10.0. The van der Waals surface area contributed by atoms with Crippen LogP contribution in [0.5, 0.6) is 5.88 Å². The van der Waals surface area contributed by atoms with Crippen molar-refractivity contribution >= 4 is 21.8 Å². The molecule has 2 aromatic carbocycles. The van der Waals surface area contributed by atoms with Crippen LogP contribution in [0.2, 0.25) is 0 Å². The number of hydrogen-bond donors (Lipinski definition) is 3. The first kappa shape index (κ1) is 13.9.